The quantitative estimate of drug-likeness (QED) is 0.763. The van der Waals surface area contributed by atoms with Crippen LogP contribution in [0.1, 0.15) is 0 Å². The zero-order valence-electron chi connectivity index (χ0n) is 12.8. The fourth-order valence-corrected chi connectivity index (χ4v) is 2.94. The molecule has 0 saturated heterocycles. The summed E-state index contributed by atoms with van der Waals surface area (Å²) in [6.45, 7) is 0.492. The average Bonchev–Trinajstić information content (AvgIpc) is 2.95. The largest absolute Gasteiger partial charge is 0.497 e. The van der Waals surface area contributed by atoms with Crippen LogP contribution >= 0.6 is 0 Å². The molecule has 7 nitrogen and oxygen atoms in total. The van der Waals surface area contributed by atoms with E-state index in [1.807, 2.05) is 0 Å². The van der Waals surface area contributed by atoms with E-state index < -0.39 is 10.0 Å². The smallest absolute Gasteiger partial charge is 0.246 e. The van der Waals surface area contributed by atoms with Gasteiger partial charge in [-0.2, -0.15) is 9.40 Å². The fourth-order valence-electron chi connectivity index (χ4n) is 1.80. The Morgan fingerprint density at radius 1 is 1.23 bits per heavy atom. The molecule has 0 radical (unpaired) electrons. The summed E-state index contributed by atoms with van der Waals surface area (Å²) in [4.78, 5) is 0.168. The Labute approximate surface area is 130 Å². The molecule has 8 heteroatoms. The molecule has 0 fully saturated rings. The summed E-state index contributed by atoms with van der Waals surface area (Å²) in [7, 11) is 1.24. The van der Waals surface area contributed by atoms with Gasteiger partial charge in [-0.1, -0.05) is 0 Å². The van der Waals surface area contributed by atoms with Crippen LogP contribution in [-0.2, 0) is 17.1 Å². The maximum Gasteiger partial charge on any atom is 0.246 e. The monoisotopic (exact) mass is 325 g/mol. The van der Waals surface area contributed by atoms with E-state index in [9.17, 15) is 8.42 Å². The molecule has 1 aromatic carbocycles. The molecule has 0 aliphatic rings. The van der Waals surface area contributed by atoms with E-state index in [1.165, 1.54) is 28.4 Å². The summed E-state index contributed by atoms with van der Waals surface area (Å²) in [5, 5.41) is 3.88. The van der Waals surface area contributed by atoms with Crippen LogP contribution in [0.5, 0.6) is 11.5 Å². The minimum atomic E-state index is -3.53. The lowest BCUT2D eigenvalue weighted by Crippen LogP contribution is -2.30. The molecule has 0 unspecified atom stereocenters. The summed E-state index contributed by atoms with van der Waals surface area (Å²) in [6, 6.07) is 7.11. The van der Waals surface area contributed by atoms with Crippen molar-refractivity contribution in [2.24, 2.45) is 7.05 Å². The maximum atomic E-state index is 12.3. The van der Waals surface area contributed by atoms with E-state index in [2.05, 4.69) is 5.10 Å². The predicted octanol–water partition coefficient (Wildman–Crippen LogP) is 1.13. The van der Waals surface area contributed by atoms with Crippen molar-refractivity contribution in [1.82, 2.24) is 14.1 Å². The highest BCUT2D eigenvalue weighted by atomic mass is 32.2. The van der Waals surface area contributed by atoms with E-state index in [0.29, 0.717) is 5.75 Å². The molecule has 120 valence electrons. The van der Waals surface area contributed by atoms with Crippen molar-refractivity contribution in [1.29, 1.82) is 0 Å². The van der Waals surface area contributed by atoms with Gasteiger partial charge in [-0.25, -0.2) is 8.42 Å². The first-order chi connectivity index (χ1) is 10.4. The lowest BCUT2D eigenvalue weighted by Gasteiger charge is -2.16. The third-order valence-electron chi connectivity index (χ3n) is 3.12. The standard InChI is InChI=1S/C14H19N3O4S/c1-16-11-14(10-15-16)22(18,19)17(2)8-9-21-13-6-4-12(20-3)5-7-13/h4-7,10-11H,8-9H2,1-3H3. The highest BCUT2D eigenvalue weighted by Crippen LogP contribution is 2.17. The Balaban J connectivity index is 1.90. The molecule has 1 aromatic heterocycles. The van der Waals surface area contributed by atoms with Crippen molar-refractivity contribution in [2.45, 2.75) is 4.90 Å². The summed E-state index contributed by atoms with van der Waals surface area (Å²) in [6.07, 6.45) is 2.80. The molecule has 1 heterocycles. The third-order valence-corrected chi connectivity index (χ3v) is 4.93. The van der Waals surface area contributed by atoms with Gasteiger partial charge < -0.3 is 9.47 Å². The molecule has 0 bridgehead atoms. The Morgan fingerprint density at radius 2 is 1.86 bits per heavy atom. The zero-order valence-corrected chi connectivity index (χ0v) is 13.6. The number of aromatic nitrogens is 2. The summed E-state index contributed by atoms with van der Waals surface area (Å²) in [5.74, 6) is 1.40. The van der Waals surface area contributed by atoms with Crippen molar-refractivity contribution in [2.75, 3.05) is 27.3 Å². The molecule has 0 atom stereocenters. The van der Waals surface area contributed by atoms with E-state index in [1.54, 1.807) is 38.4 Å². The highest BCUT2D eigenvalue weighted by molar-refractivity contribution is 7.89. The second kappa shape index (κ2) is 6.80. The highest BCUT2D eigenvalue weighted by Gasteiger charge is 2.22. The molecule has 0 saturated carbocycles. The first-order valence-electron chi connectivity index (χ1n) is 6.65. The molecule has 0 amide bonds. The minimum absolute atomic E-state index is 0.168. The molecular formula is C14H19N3O4S. The molecule has 0 N–H and O–H groups in total. The van der Waals surface area contributed by atoms with Gasteiger partial charge in [0, 0.05) is 26.8 Å². The molecule has 0 aliphatic heterocycles. The molecule has 0 aliphatic carbocycles. The van der Waals surface area contributed by atoms with Gasteiger partial charge in [-0.15, -0.1) is 0 Å². The number of benzene rings is 1. The van der Waals surface area contributed by atoms with E-state index in [4.69, 9.17) is 9.47 Å². The van der Waals surface area contributed by atoms with Gasteiger partial charge in [0.15, 0.2) is 0 Å². The number of nitrogens with zero attached hydrogens (tertiary/aromatic N) is 3. The van der Waals surface area contributed by atoms with E-state index in [-0.39, 0.29) is 18.0 Å². The number of hydrogen-bond acceptors (Lipinski definition) is 5. The zero-order chi connectivity index (χ0) is 16.2. The van der Waals surface area contributed by atoms with Gasteiger partial charge >= 0.3 is 0 Å². The van der Waals surface area contributed by atoms with Gasteiger partial charge in [-0.05, 0) is 24.3 Å². The van der Waals surface area contributed by atoms with Crippen LogP contribution in [0.3, 0.4) is 0 Å². The van der Waals surface area contributed by atoms with Crippen molar-refractivity contribution in [3.05, 3.63) is 36.7 Å². The van der Waals surface area contributed by atoms with Crippen molar-refractivity contribution < 1.29 is 17.9 Å². The topological polar surface area (TPSA) is 73.7 Å². The Kier molecular flexibility index (Phi) is 5.04. The van der Waals surface area contributed by atoms with Crippen LogP contribution in [-0.4, -0.2) is 49.8 Å². The van der Waals surface area contributed by atoms with Crippen LogP contribution in [0.25, 0.3) is 0 Å². The SMILES string of the molecule is COc1ccc(OCCN(C)S(=O)(=O)c2cnn(C)c2)cc1. The molecule has 22 heavy (non-hydrogen) atoms. The maximum absolute atomic E-state index is 12.3. The van der Waals surface area contributed by atoms with Crippen LogP contribution in [0.2, 0.25) is 0 Å². The first kappa shape index (κ1) is 16.3. The fraction of sp³-hybridized carbons (Fsp3) is 0.357. The van der Waals surface area contributed by atoms with Gasteiger partial charge in [-0.3, -0.25) is 4.68 Å². The van der Waals surface area contributed by atoms with Gasteiger partial charge in [0.25, 0.3) is 0 Å². The molecule has 2 aromatic rings. The van der Waals surface area contributed by atoms with Gasteiger partial charge in [0.05, 0.1) is 13.3 Å². The average molecular weight is 325 g/mol. The number of rotatable bonds is 7. The molecule has 2 rings (SSSR count). The van der Waals surface area contributed by atoms with Gasteiger partial charge in [0.2, 0.25) is 10.0 Å². The normalized spacial score (nSPS) is 11.6. The lowest BCUT2D eigenvalue weighted by atomic mass is 10.3. The molecule has 0 spiro atoms. The summed E-state index contributed by atoms with van der Waals surface area (Å²) >= 11 is 0. The molecular weight excluding hydrogens is 306 g/mol. The van der Waals surface area contributed by atoms with Crippen LogP contribution < -0.4 is 9.47 Å². The Bertz CT molecular complexity index is 710. The number of hydrogen-bond donors (Lipinski definition) is 0. The summed E-state index contributed by atoms with van der Waals surface area (Å²) < 4.78 is 37.8. The van der Waals surface area contributed by atoms with Crippen LogP contribution in [0.4, 0.5) is 0 Å². The second-order valence-electron chi connectivity index (χ2n) is 4.70. The first-order valence-corrected chi connectivity index (χ1v) is 8.09. The Hall–Kier alpha value is -2.06. The summed E-state index contributed by atoms with van der Waals surface area (Å²) in [5.41, 5.74) is 0. The number of methoxy groups -OCH3 is 1. The number of ether oxygens (including phenoxy) is 2. The van der Waals surface area contributed by atoms with E-state index in [0.717, 1.165) is 5.75 Å². The van der Waals surface area contributed by atoms with E-state index >= 15 is 0 Å². The van der Waals surface area contributed by atoms with Crippen molar-refractivity contribution in [3.63, 3.8) is 0 Å². The minimum Gasteiger partial charge on any atom is -0.497 e. The number of sulfonamides is 1. The Morgan fingerprint density at radius 3 is 2.41 bits per heavy atom. The van der Waals surface area contributed by atoms with Crippen LogP contribution in [0, 0.1) is 0 Å². The van der Waals surface area contributed by atoms with Crippen molar-refractivity contribution in [3.8, 4) is 11.5 Å². The van der Waals surface area contributed by atoms with Crippen molar-refractivity contribution >= 4 is 10.0 Å². The predicted molar refractivity (Wildman–Crippen MR) is 81.5 cm³/mol. The van der Waals surface area contributed by atoms with Crippen LogP contribution in [0.15, 0.2) is 41.6 Å². The van der Waals surface area contributed by atoms with Gasteiger partial charge in [0.1, 0.15) is 23.0 Å². The number of likely N-dealkylation sites (N-methyl/N-ethyl adjacent to an activating group) is 1. The lowest BCUT2D eigenvalue weighted by molar-refractivity contribution is 0.286. The second-order valence-corrected chi connectivity index (χ2v) is 6.75. The third kappa shape index (κ3) is 3.77. The number of aryl methyl sites for hydroxylation is 1.